The van der Waals surface area contributed by atoms with Gasteiger partial charge in [0.2, 0.25) is 5.91 Å². The lowest BCUT2D eigenvalue weighted by Gasteiger charge is -2.27. The zero-order valence-corrected chi connectivity index (χ0v) is 15.7. The van der Waals surface area contributed by atoms with Crippen molar-refractivity contribution < 1.29 is 22.7 Å². The van der Waals surface area contributed by atoms with Crippen molar-refractivity contribution in [2.45, 2.75) is 12.6 Å². The van der Waals surface area contributed by atoms with Gasteiger partial charge in [-0.2, -0.15) is 13.2 Å². The van der Waals surface area contributed by atoms with Gasteiger partial charge in [0.15, 0.2) is 0 Å². The van der Waals surface area contributed by atoms with Crippen LogP contribution in [0.1, 0.15) is 11.1 Å². The maximum Gasteiger partial charge on any atom is 0.416 e. The fourth-order valence-corrected chi connectivity index (χ4v) is 2.91. The SMILES string of the molecule is O=C(Cc1cccc(C(F)(F)F)c1)NCCNc1cc(N2CCOCC2)ncn1. The highest BCUT2D eigenvalue weighted by Crippen LogP contribution is 2.29. The molecule has 3 rings (SSSR count). The molecule has 1 aliphatic rings. The highest BCUT2D eigenvalue weighted by molar-refractivity contribution is 5.78. The molecule has 1 saturated heterocycles. The zero-order chi connectivity index (χ0) is 20.7. The Morgan fingerprint density at radius 3 is 2.69 bits per heavy atom. The first kappa shape index (κ1) is 20.8. The number of hydrogen-bond donors (Lipinski definition) is 2. The van der Waals surface area contributed by atoms with E-state index in [1.54, 1.807) is 0 Å². The van der Waals surface area contributed by atoms with Crippen LogP contribution in [0.3, 0.4) is 0 Å². The Labute approximate surface area is 166 Å². The summed E-state index contributed by atoms with van der Waals surface area (Å²) < 4.78 is 43.5. The van der Waals surface area contributed by atoms with E-state index in [0.29, 0.717) is 37.7 Å². The number of nitrogens with one attached hydrogen (secondary N) is 2. The molecule has 0 aliphatic carbocycles. The van der Waals surface area contributed by atoms with Gasteiger partial charge >= 0.3 is 6.18 Å². The molecule has 1 aliphatic heterocycles. The molecule has 29 heavy (non-hydrogen) atoms. The van der Waals surface area contributed by atoms with Crippen molar-refractivity contribution in [3.63, 3.8) is 0 Å². The smallest absolute Gasteiger partial charge is 0.378 e. The van der Waals surface area contributed by atoms with E-state index in [9.17, 15) is 18.0 Å². The number of ether oxygens (including phenoxy) is 1. The number of benzene rings is 1. The standard InChI is InChI=1S/C19H22F3N5O2/c20-19(21,22)15-3-1-2-14(10-15)11-18(28)24-5-4-23-16-12-17(26-13-25-16)27-6-8-29-9-7-27/h1-3,10,12-13H,4-9,11H2,(H,24,28)(H,23,25,26). The number of halogens is 3. The number of carbonyl (C=O) groups excluding carboxylic acids is 1. The second kappa shape index (κ2) is 9.55. The summed E-state index contributed by atoms with van der Waals surface area (Å²) in [5, 5.41) is 5.78. The molecule has 0 saturated carbocycles. The van der Waals surface area contributed by atoms with Gasteiger partial charge in [-0.3, -0.25) is 4.79 Å². The molecule has 0 atom stereocenters. The van der Waals surface area contributed by atoms with Gasteiger partial charge in [-0.15, -0.1) is 0 Å². The molecule has 0 radical (unpaired) electrons. The highest BCUT2D eigenvalue weighted by Gasteiger charge is 2.30. The number of aromatic nitrogens is 2. The number of nitrogens with zero attached hydrogens (tertiary/aromatic N) is 3. The predicted octanol–water partition coefficient (Wildman–Crippen LogP) is 2.10. The first-order chi connectivity index (χ1) is 13.9. The molecule has 156 valence electrons. The largest absolute Gasteiger partial charge is 0.416 e. The number of carbonyl (C=O) groups is 1. The van der Waals surface area contributed by atoms with Gasteiger partial charge in [0, 0.05) is 32.2 Å². The van der Waals surface area contributed by atoms with Crippen molar-refractivity contribution in [2.75, 3.05) is 49.6 Å². The maximum absolute atomic E-state index is 12.7. The first-order valence-corrected chi connectivity index (χ1v) is 9.23. The topological polar surface area (TPSA) is 79.4 Å². The van der Waals surface area contributed by atoms with Crippen LogP contribution in [0, 0.1) is 0 Å². The Hall–Kier alpha value is -2.88. The molecule has 2 heterocycles. The summed E-state index contributed by atoms with van der Waals surface area (Å²) in [6.07, 6.45) is -3.06. The van der Waals surface area contributed by atoms with Crippen LogP contribution < -0.4 is 15.5 Å². The van der Waals surface area contributed by atoms with Gasteiger partial charge in [-0.05, 0) is 11.6 Å². The molecular formula is C19H22F3N5O2. The van der Waals surface area contributed by atoms with Gasteiger partial charge in [-0.1, -0.05) is 18.2 Å². The zero-order valence-electron chi connectivity index (χ0n) is 15.7. The first-order valence-electron chi connectivity index (χ1n) is 9.23. The van der Waals surface area contributed by atoms with Crippen LogP contribution in [-0.2, 0) is 22.1 Å². The molecule has 1 fully saturated rings. The second-order valence-corrected chi connectivity index (χ2v) is 6.51. The minimum Gasteiger partial charge on any atom is -0.378 e. The average Bonchev–Trinajstić information content (AvgIpc) is 2.72. The van der Waals surface area contributed by atoms with Crippen LogP contribution >= 0.6 is 0 Å². The third kappa shape index (κ3) is 6.31. The summed E-state index contributed by atoms with van der Waals surface area (Å²) in [7, 11) is 0. The maximum atomic E-state index is 12.7. The van der Waals surface area contributed by atoms with Crippen LogP contribution in [0.25, 0.3) is 0 Å². The molecule has 2 N–H and O–H groups in total. The number of rotatable bonds is 7. The molecule has 1 amide bonds. The second-order valence-electron chi connectivity index (χ2n) is 6.51. The predicted molar refractivity (Wildman–Crippen MR) is 102 cm³/mol. The lowest BCUT2D eigenvalue weighted by Crippen LogP contribution is -2.36. The van der Waals surface area contributed by atoms with Crippen molar-refractivity contribution >= 4 is 17.5 Å². The third-order valence-corrected chi connectivity index (χ3v) is 4.36. The summed E-state index contributed by atoms with van der Waals surface area (Å²) in [5.41, 5.74) is -0.444. The van der Waals surface area contributed by atoms with Gasteiger partial charge in [-0.25, -0.2) is 9.97 Å². The van der Waals surface area contributed by atoms with Crippen LogP contribution in [0.4, 0.5) is 24.8 Å². The van der Waals surface area contributed by atoms with E-state index in [1.165, 1.54) is 18.5 Å². The lowest BCUT2D eigenvalue weighted by molar-refractivity contribution is -0.137. The number of morpholine rings is 1. The van der Waals surface area contributed by atoms with Gasteiger partial charge < -0.3 is 20.3 Å². The van der Waals surface area contributed by atoms with Crippen molar-refractivity contribution in [3.05, 3.63) is 47.8 Å². The molecule has 2 aromatic rings. The van der Waals surface area contributed by atoms with Crippen LogP contribution in [0.2, 0.25) is 0 Å². The fourth-order valence-electron chi connectivity index (χ4n) is 2.91. The van der Waals surface area contributed by atoms with Gasteiger partial charge in [0.05, 0.1) is 25.2 Å². The van der Waals surface area contributed by atoms with Crippen molar-refractivity contribution in [1.29, 1.82) is 0 Å². The minimum atomic E-state index is -4.42. The summed E-state index contributed by atoms with van der Waals surface area (Å²) in [6.45, 7) is 3.59. The average molecular weight is 409 g/mol. The third-order valence-electron chi connectivity index (χ3n) is 4.36. The monoisotopic (exact) mass is 409 g/mol. The van der Waals surface area contributed by atoms with Crippen molar-refractivity contribution in [2.24, 2.45) is 0 Å². The molecule has 0 bridgehead atoms. The summed E-state index contributed by atoms with van der Waals surface area (Å²) in [6, 6.07) is 6.61. The molecule has 1 aromatic carbocycles. The molecule has 1 aromatic heterocycles. The van der Waals surface area contributed by atoms with Crippen molar-refractivity contribution in [3.8, 4) is 0 Å². The molecule has 7 nitrogen and oxygen atoms in total. The minimum absolute atomic E-state index is 0.112. The Balaban J connectivity index is 1.43. The van der Waals surface area contributed by atoms with E-state index in [0.717, 1.165) is 31.0 Å². The summed E-state index contributed by atoms with van der Waals surface area (Å²) in [4.78, 5) is 22.5. The highest BCUT2D eigenvalue weighted by atomic mass is 19.4. The van der Waals surface area contributed by atoms with Gasteiger partial charge in [0.1, 0.15) is 18.0 Å². The normalized spacial score (nSPS) is 14.5. The number of anilines is 2. The molecule has 0 spiro atoms. The Morgan fingerprint density at radius 2 is 1.93 bits per heavy atom. The molecule has 0 unspecified atom stereocenters. The van der Waals surface area contributed by atoms with E-state index in [1.807, 2.05) is 6.07 Å². The summed E-state index contributed by atoms with van der Waals surface area (Å²) >= 11 is 0. The molecule has 10 heteroatoms. The fraction of sp³-hybridized carbons (Fsp3) is 0.421. The van der Waals surface area contributed by atoms with Crippen LogP contribution in [0.5, 0.6) is 0 Å². The number of alkyl halides is 3. The van der Waals surface area contributed by atoms with E-state index >= 15 is 0 Å². The van der Waals surface area contributed by atoms with E-state index < -0.39 is 11.7 Å². The Kier molecular flexibility index (Phi) is 6.86. The van der Waals surface area contributed by atoms with Gasteiger partial charge in [0.25, 0.3) is 0 Å². The number of amides is 1. The summed E-state index contributed by atoms with van der Waals surface area (Å²) in [5.74, 6) is 1.09. The van der Waals surface area contributed by atoms with E-state index in [2.05, 4.69) is 25.5 Å². The Morgan fingerprint density at radius 1 is 1.14 bits per heavy atom. The Bertz CT molecular complexity index is 825. The van der Waals surface area contributed by atoms with Crippen molar-refractivity contribution in [1.82, 2.24) is 15.3 Å². The lowest BCUT2D eigenvalue weighted by atomic mass is 10.1. The number of hydrogen-bond acceptors (Lipinski definition) is 6. The van der Waals surface area contributed by atoms with Crippen LogP contribution in [0.15, 0.2) is 36.7 Å². The van der Waals surface area contributed by atoms with E-state index in [-0.39, 0.29) is 12.3 Å². The van der Waals surface area contributed by atoms with E-state index in [4.69, 9.17) is 4.74 Å². The molecular weight excluding hydrogens is 387 g/mol. The quantitative estimate of drug-likeness (QED) is 0.682. The van der Waals surface area contributed by atoms with Crippen LogP contribution in [-0.4, -0.2) is 55.3 Å².